The van der Waals surface area contributed by atoms with Crippen LogP contribution in [0, 0.1) is 0 Å². The molecule has 0 unspecified atom stereocenters. The van der Waals surface area contributed by atoms with E-state index in [1.807, 2.05) is 36.5 Å². The zero-order valence-electron chi connectivity index (χ0n) is 16.7. The first kappa shape index (κ1) is 20.3. The first-order valence-electron chi connectivity index (χ1n) is 9.73. The molecule has 30 heavy (non-hydrogen) atoms. The summed E-state index contributed by atoms with van der Waals surface area (Å²) >= 11 is 6.06. The number of nitrogens with one attached hydrogen (secondary N) is 1. The van der Waals surface area contributed by atoms with Gasteiger partial charge in [0.1, 0.15) is 12.3 Å². The van der Waals surface area contributed by atoms with Gasteiger partial charge in [0.15, 0.2) is 5.82 Å². The molecule has 1 saturated heterocycles. The highest BCUT2D eigenvalue weighted by Gasteiger charge is 2.21. The maximum atomic E-state index is 12.7. The molecule has 0 atom stereocenters. The lowest BCUT2D eigenvalue weighted by atomic mass is 10.1. The van der Waals surface area contributed by atoms with Crippen molar-refractivity contribution in [3.63, 3.8) is 0 Å². The largest absolute Gasteiger partial charge is 0.495 e. The van der Waals surface area contributed by atoms with Crippen molar-refractivity contribution in [3.05, 3.63) is 59.8 Å². The van der Waals surface area contributed by atoms with Crippen molar-refractivity contribution in [2.24, 2.45) is 0 Å². The van der Waals surface area contributed by atoms with Gasteiger partial charge in [0.25, 0.3) is 0 Å². The second-order valence-corrected chi connectivity index (χ2v) is 7.36. The van der Waals surface area contributed by atoms with Crippen LogP contribution in [0.25, 0.3) is 11.1 Å². The molecule has 0 aliphatic carbocycles. The highest BCUT2D eigenvalue weighted by molar-refractivity contribution is 6.31. The van der Waals surface area contributed by atoms with Gasteiger partial charge in [0.05, 0.1) is 26.0 Å². The standard InChI is InChI=1S/C22H23ClN4O3/c1-29-20-8-7-17(23)13-19(20)24-21(28)15-27-14-18(16-5-3-2-4-6-16)22(25-27)26-9-11-30-12-10-26/h2-8,13-14H,9-12,15H2,1H3,(H,24,28). The van der Waals surface area contributed by atoms with E-state index in [0.29, 0.717) is 29.7 Å². The van der Waals surface area contributed by atoms with Crippen molar-refractivity contribution in [2.75, 3.05) is 43.6 Å². The lowest BCUT2D eigenvalue weighted by Gasteiger charge is -2.27. The summed E-state index contributed by atoms with van der Waals surface area (Å²) in [7, 11) is 1.55. The molecule has 1 aromatic heterocycles. The Balaban J connectivity index is 1.58. The molecule has 0 spiro atoms. The predicted octanol–water partition coefficient (Wildman–Crippen LogP) is 3.69. The van der Waals surface area contributed by atoms with E-state index in [-0.39, 0.29) is 12.5 Å². The zero-order valence-corrected chi connectivity index (χ0v) is 17.4. The number of carbonyl (C=O) groups excluding carboxylic acids is 1. The van der Waals surface area contributed by atoms with E-state index in [1.54, 1.807) is 30.0 Å². The molecule has 1 amide bonds. The molecule has 7 nitrogen and oxygen atoms in total. The number of rotatable bonds is 6. The number of anilines is 2. The summed E-state index contributed by atoms with van der Waals surface area (Å²) in [6.07, 6.45) is 1.91. The van der Waals surface area contributed by atoms with Gasteiger partial charge in [0.2, 0.25) is 5.91 Å². The van der Waals surface area contributed by atoms with Crippen LogP contribution in [0.1, 0.15) is 0 Å². The van der Waals surface area contributed by atoms with Gasteiger partial charge in [-0.3, -0.25) is 9.48 Å². The number of ether oxygens (including phenoxy) is 2. The molecule has 156 valence electrons. The summed E-state index contributed by atoms with van der Waals surface area (Å²) in [5.74, 6) is 1.19. The molecular weight excluding hydrogens is 404 g/mol. The summed E-state index contributed by atoms with van der Waals surface area (Å²) in [6.45, 7) is 2.93. The molecule has 1 fully saturated rings. The van der Waals surface area contributed by atoms with Gasteiger partial charge in [-0.15, -0.1) is 0 Å². The van der Waals surface area contributed by atoms with Gasteiger partial charge in [-0.05, 0) is 23.8 Å². The summed E-state index contributed by atoms with van der Waals surface area (Å²) in [5.41, 5.74) is 2.58. The number of hydrogen-bond donors (Lipinski definition) is 1. The van der Waals surface area contributed by atoms with Gasteiger partial charge in [-0.1, -0.05) is 41.9 Å². The fourth-order valence-electron chi connectivity index (χ4n) is 3.44. The van der Waals surface area contributed by atoms with Crippen LogP contribution in [0.5, 0.6) is 5.75 Å². The van der Waals surface area contributed by atoms with E-state index in [4.69, 9.17) is 26.2 Å². The summed E-state index contributed by atoms with van der Waals surface area (Å²) in [4.78, 5) is 14.9. The van der Waals surface area contributed by atoms with Crippen LogP contribution < -0.4 is 15.0 Å². The third kappa shape index (κ3) is 4.58. The van der Waals surface area contributed by atoms with E-state index < -0.39 is 0 Å². The van der Waals surface area contributed by atoms with Crippen LogP contribution in [0.4, 0.5) is 11.5 Å². The SMILES string of the molecule is COc1ccc(Cl)cc1NC(=O)Cn1cc(-c2ccccc2)c(N2CCOCC2)n1. The van der Waals surface area contributed by atoms with Crippen molar-refractivity contribution in [1.29, 1.82) is 0 Å². The van der Waals surface area contributed by atoms with Gasteiger partial charge >= 0.3 is 0 Å². The van der Waals surface area contributed by atoms with Crippen molar-refractivity contribution in [3.8, 4) is 16.9 Å². The molecule has 4 rings (SSSR count). The first-order valence-corrected chi connectivity index (χ1v) is 10.1. The van der Waals surface area contributed by atoms with Crippen LogP contribution in [0.15, 0.2) is 54.7 Å². The highest BCUT2D eigenvalue weighted by atomic mass is 35.5. The monoisotopic (exact) mass is 426 g/mol. The molecule has 1 aliphatic rings. The Kier molecular flexibility index (Phi) is 6.21. The smallest absolute Gasteiger partial charge is 0.246 e. The molecule has 1 N–H and O–H groups in total. The van der Waals surface area contributed by atoms with Crippen LogP contribution in [0.3, 0.4) is 0 Å². The number of benzene rings is 2. The lowest BCUT2D eigenvalue weighted by molar-refractivity contribution is -0.116. The van der Waals surface area contributed by atoms with Crippen LogP contribution in [-0.2, 0) is 16.1 Å². The van der Waals surface area contributed by atoms with Crippen molar-refractivity contribution >= 4 is 29.0 Å². The quantitative estimate of drug-likeness (QED) is 0.651. The molecule has 0 bridgehead atoms. The summed E-state index contributed by atoms with van der Waals surface area (Å²) in [6, 6.07) is 15.1. The molecule has 1 aliphatic heterocycles. The summed E-state index contributed by atoms with van der Waals surface area (Å²) < 4.78 is 12.4. The number of aromatic nitrogens is 2. The minimum Gasteiger partial charge on any atom is -0.495 e. The van der Waals surface area contributed by atoms with E-state index in [2.05, 4.69) is 10.2 Å². The maximum absolute atomic E-state index is 12.7. The highest BCUT2D eigenvalue weighted by Crippen LogP contribution is 2.31. The fraction of sp³-hybridized carbons (Fsp3) is 0.273. The number of amides is 1. The lowest BCUT2D eigenvalue weighted by Crippen LogP contribution is -2.36. The Labute approximate surface area is 180 Å². The minimum absolute atomic E-state index is 0.0693. The Bertz CT molecular complexity index is 1020. The molecule has 2 heterocycles. The first-order chi connectivity index (χ1) is 14.6. The Morgan fingerprint density at radius 1 is 1.20 bits per heavy atom. The number of nitrogens with zero attached hydrogens (tertiary/aromatic N) is 3. The number of halogens is 1. The zero-order chi connectivity index (χ0) is 20.9. The van der Waals surface area contributed by atoms with Crippen molar-refractivity contribution < 1.29 is 14.3 Å². The fourth-order valence-corrected chi connectivity index (χ4v) is 3.61. The van der Waals surface area contributed by atoms with E-state index in [0.717, 1.165) is 30.0 Å². The second kappa shape index (κ2) is 9.19. The van der Waals surface area contributed by atoms with Crippen molar-refractivity contribution in [2.45, 2.75) is 6.54 Å². The summed E-state index contributed by atoms with van der Waals surface area (Å²) in [5, 5.41) is 8.10. The van der Waals surface area contributed by atoms with Gasteiger partial charge in [0, 0.05) is 29.9 Å². The van der Waals surface area contributed by atoms with E-state index >= 15 is 0 Å². The molecule has 8 heteroatoms. The third-order valence-electron chi connectivity index (χ3n) is 4.88. The normalized spacial score (nSPS) is 13.9. The minimum atomic E-state index is -0.216. The topological polar surface area (TPSA) is 68.6 Å². The number of hydrogen-bond acceptors (Lipinski definition) is 5. The van der Waals surface area contributed by atoms with Gasteiger partial charge < -0.3 is 19.7 Å². The van der Waals surface area contributed by atoms with Gasteiger partial charge in [-0.2, -0.15) is 5.10 Å². The van der Waals surface area contributed by atoms with Crippen LogP contribution >= 0.6 is 11.6 Å². The van der Waals surface area contributed by atoms with E-state index in [9.17, 15) is 4.79 Å². The van der Waals surface area contributed by atoms with Crippen LogP contribution in [0.2, 0.25) is 5.02 Å². The third-order valence-corrected chi connectivity index (χ3v) is 5.11. The number of morpholine rings is 1. The van der Waals surface area contributed by atoms with Crippen molar-refractivity contribution in [1.82, 2.24) is 9.78 Å². The second-order valence-electron chi connectivity index (χ2n) is 6.92. The molecule has 0 radical (unpaired) electrons. The average molecular weight is 427 g/mol. The Morgan fingerprint density at radius 3 is 2.70 bits per heavy atom. The van der Waals surface area contributed by atoms with E-state index in [1.165, 1.54) is 0 Å². The maximum Gasteiger partial charge on any atom is 0.246 e. The molecular formula is C22H23ClN4O3. The van der Waals surface area contributed by atoms with Crippen LogP contribution in [-0.4, -0.2) is 49.1 Å². The van der Waals surface area contributed by atoms with Gasteiger partial charge in [-0.25, -0.2) is 0 Å². The Morgan fingerprint density at radius 2 is 1.97 bits per heavy atom. The molecule has 0 saturated carbocycles. The number of carbonyl (C=O) groups is 1. The average Bonchev–Trinajstić information content (AvgIpc) is 3.19. The molecule has 3 aromatic rings. The molecule has 2 aromatic carbocycles. The number of methoxy groups -OCH3 is 1. The Hall–Kier alpha value is -3.03. The predicted molar refractivity (Wildman–Crippen MR) is 117 cm³/mol.